The van der Waals surface area contributed by atoms with Gasteiger partial charge in [0.1, 0.15) is 12.8 Å². The van der Waals surface area contributed by atoms with E-state index in [4.69, 9.17) is 4.74 Å². The van der Waals surface area contributed by atoms with E-state index < -0.39 is 24.0 Å². The minimum absolute atomic E-state index is 0.0455. The Bertz CT molecular complexity index is 657. The number of ether oxygens (including phenoxy) is 1. The number of carbonyl (C=O) groups is 1. The van der Waals surface area contributed by atoms with Crippen molar-refractivity contribution in [1.82, 2.24) is 5.32 Å². The summed E-state index contributed by atoms with van der Waals surface area (Å²) in [5.74, 6) is 0. The molecule has 0 spiro atoms. The molecule has 0 aliphatic carbocycles. The van der Waals surface area contributed by atoms with Crippen LogP contribution in [0, 0.1) is 0 Å². The number of rotatable bonds is 5. The van der Waals surface area contributed by atoms with Gasteiger partial charge in [0, 0.05) is 0 Å². The molecule has 1 atom stereocenters. The Balaban J connectivity index is 1.80. The summed E-state index contributed by atoms with van der Waals surface area (Å²) >= 11 is 0. The van der Waals surface area contributed by atoms with E-state index in [9.17, 15) is 22.4 Å². The van der Waals surface area contributed by atoms with Crippen LogP contribution >= 0.6 is 0 Å². The predicted molar refractivity (Wildman–Crippen MR) is 79.9 cm³/mol. The van der Waals surface area contributed by atoms with Gasteiger partial charge in [-0.1, -0.05) is 42.5 Å². The lowest BCUT2D eigenvalue weighted by Crippen LogP contribution is -2.27. The molecule has 0 saturated heterocycles. The fraction of sp³-hybridized carbons (Fsp3) is 0.235. The van der Waals surface area contributed by atoms with Gasteiger partial charge in [0.05, 0.1) is 12.1 Å². The van der Waals surface area contributed by atoms with Gasteiger partial charge in [-0.2, -0.15) is 13.2 Å². The first kappa shape index (κ1) is 17.8. The first-order valence-corrected chi connectivity index (χ1v) is 7.12. The second-order valence-corrected chi connectivity index (χ2v) is 5.03. The van der Waals surface area contributed by atoms with E-state index in [1.165, 1.54) is 0 Å². The molecule has 24 heavy (non-hydrogen) atoms. The third-order valence-electron chi connectivity index (χ3n) is 3.24. The molecular formula is C17H15F4NO2. The molecule has 2 rings (SSSR count). The third-order valence-corrected chi connectivity index (χ3v) is 3.24. The number of hydrogen-bond acceptors (Lipinski definition) is 2. The highest BCUT2D eigenvalue weighted by Crippen LogP contribution is 2.30. The van der Waals surface area contributed by atoms with Crippen LogP contribution in [0.25, 0.3) is 0 Å². The molecule has 128 valence electrons. The number of alkyl halides is 4. The number of halogens is 4. The predicted octanol–water partition coefficient (Wildman–Crippen LogP) is 4.64. The molecule has 1 amide bonds. The van der Waals surface area contributed by atoms with Crippen LogP contribution in [0.5, 0.6) is 0 Å². The maximum Gasteiger partial charge on any atom is 0.416 e. The van der Waals surface area contributed by atoms with Crippen molar-refractivity contribution in [2.45, 2.75) is 19.0 Å². The van der Waals surface area contributed by atoms with Crippen LogP contribution in [0.15, 0.2) is 54.6 Å². The van der Waals surface area contributed by atoms with E-state index in [0.717, 1.165) is 29.8 Å². The van der Waals surface area contributed by atoms with Crippen LogP contribution in [0.1, 0.15) is 22.9 Å². The van der Waals surface area contributed by atoms with Crippen molar-refractivity contribution >= 4 is 6.09 Å². The van der Waals surface area contributed by atoms with E-state index in [2.05, 4.69) is 5.32 Å². The summed E-state index contributed by atoms with van der Waals surface area (Å²) < 4.78 is 56.1. The van der Waals surface area contributed by atoms with Crippen molar-refractivity contribution in [2.75, 3.05) is 6.54 Å². The quantitative estimate of drug-likeness (QED) is 0.805. The number of benzene rings is 2. The molecule has 0 radical (unpaired) electrons. The van der Waals surface area contributed by atoms with Crippen LogP contribution in [0.3, 0.4) is 0 Å². The average molecular weight is 341 g/mol. The Kier molecular flexibility index (Phi) is 5.78. The lowest BCUT2D eigenvalue weighted by atomic mass is 10.1. The Morgan fingerprint density at radius 3 is 2.25 bits per heavy atom. The zero-order valence-corrected chi connectivity index (χ0v) is 12.5. The van der Waals surface area contributed by atoms with Crippen molar-refractivity contribution in [3.63, 3.8) is 0 Å². The third kappa shape index (κ3) is 5.26. The first-order chi connectivity index (χ1) is 11.4. The second-order valence-electron chi connectivity index (χ2n) is 5.03. The number of alkyl carbamates (subject to hydrolysis) is 1. The number of nitrogens with one attached hydrogen (secondary N) is 1. The van der Waals surface area contributed by atoms with Gasteiger partial charge in [-0.25, -0.2) is 9.18 Å². The highest BCUT2D eigenvalue weighted by atomic mass is 19.4. The van der Waals surface area contributed by atoms with E-state index in [1.807, 2.05) is 6.07 Å². The minimum Gasteiger partial charge on any atom is -0.445 e. The molecule has 7 heteroatoms. The fourth-order valence-electron chi connectivity index (χ4n) is 1.95. The van der Waals surface area contributed by atoms with Crippen LogP contribution in [0.2, 0.25) is 0 Å². The van der Waals surface area contributed by atoms with Crippen LogP contribution < -0.4 is 5.32 Å². The summed E-state index contributed by atoms with van der Waals surface area (Å²) in [5.41, 5.74) is -0.0211. The highest BCUT2D eigenvalue weighted by Gasteiger charge is 2.30. The second kappa shape index (κ2) is 7.81. The maximum absolute atomic E-state index is 13.9. The van der Waals surface area contributed by atoms with Crippen molar-refractivity contribution in [3.8, 4) is 0 Å². The Hall–Kier alpha value is -2.57. The van der Waals surface area contributed by atoms with Gasteiger partial charge >= 0.3 is 12.3 Å². The lowest BCUT2D eigenvalue weighted by molar-refractivity contribution is -0.137. The molecule has 1 unspecified atom stereocenters. The van der Waals surface area contributed by atoms with E-state index >= 15 is 0 Å². The van der Waals surface area contributed by atoms with E-state index in [-0.39, 0.29) is 18.7 Å². The monoisotopic (exact) mass is 341 g/mol. The van der Waals surface area contributed by atoms with Crippen molar-refractivity contribution < 1.29 is 27.1 Å². The molecule has 0 fully saturated rings. The SMILES string of the molecule is O=C(NCC(F)c1ccc(C(F)(F)F)cc1)OCc1ccccc1. The van der Waals surface area contributed by atoms with Gasteiger partial charge < -0.3 is 10.1 Å². The topological polar surface area (TPSA) is 38.3 Å². The fourth-order valence-corrected chi connectivity index (χ4v) is 1.95. The smallest absolute Gasteiger partial charge is 0.416 e. The van der Waals surface area contributed by atoms with Gasteiger partial charge in [0.2, 0.25) is 0 Å². The molecule has 2 aromatic rings. The Morgan fingerprint density at radius 1 is 1.04 bits per heavy atom. The van der Waals surface area contributed by atoms with E-state index in [0.29, 0.717) is 0 Å². The van der Waals surface area contributed by atoms with Crippen LogP contribution in [-0.4, -0.2) is 12.6 Å². The number of carbonyl (C=O) groups excluding carboxylic acids is 1. The first-order valence-electron chi connectivity index (χ1n) is 7.12. The average Bonchev–Trinajstić information content (AvgIpc) is 2.58. The van der Waals surface area contributed by atoms with Gasteiger partial charge in [0.25, 0.3) is 0 Å². The zero-order chi connectivity index (χ0) is 17.6. The summed E-state index contributed by atoms with van der Waals surface area (Å²) in [7, 11) is 0. The minimum atomic E-state index is -4.47. The Labute approximate surface area is 136 Å². The molecule has 3 nitrogen and oxygen atoms in total. The van der Waals surface area contributed by atoms with Crippen molar-refractivity contribution in [1.29, 1.82) is 0 Å². The summed E-state index contributed by atoms with van der Waals surface area (Å²) in [5, 5.41) is 2.24. The standard InChI is InChI=1S/C17H15F4NO2/c18-15(13-6-8-14(9-7-13)17(19,20)21)10-22-16(23)24-11-12-4-2-1-3-5-12/h1-9,15H,10-11H2,(H,22,23). The molecule has 0 aliphatic heterocycles. The number of hydrogen-bond donors (Lipinski definition) is 1. The molecule has 0 aliphatic rings. The molecule has 0 aromatic heterocycles. The highest BCUT2D eigenvalue weighted by molar-refractivity contribution is 5.67. The maximum atomic E-state index is 13.9. The summed E-state index contributed by atoms with van der Waals surface area (Å²) in [6.07, 6.45) is -6.89. The summed E-state index contributed by atoms with van der Waals surface area (Å²) in [6.45, 7) is -0.344. The zero-order valence-electron chi connectivity index (χ0n) is 12.5. The van der Waals surface area contributed by atoms with Crippen molar-refractivity contribution in [2.24, 2.45) is 0 Å². The van der Waals surface area contributed by atoms with Gasteiger partial charge in [0.15, 0.2) is 0 Å². The van der Waals surface area contributed by atoms with Crippen molar-refractivity contribution in [3.05, 3.63) is 71.3 Å². The van der Waals surface area contributed by atoms with Gasteiger partial charge in [-0.3, -0.25) is 0 Å². The Morgan fingerprint density at radius 2 is 1.67 bits per heavy atom. The molecule has 1 N–H and O–H groups in total. The summed E-state index contributed by atoms with van der Waals surface area (Å²) in [4.78, 5) is 11.5. The van der Waals surface area contributed by atoms with Crippen LogP contribution in [0.4, 0.5) is 22.4 Å². The number of amides is 1. The van der Waals surface area contributed by atoms with Crippen LogP contribution in [-0.2, 0) is 17.5 Å². The largest absolute Gasteiger partial charge is 0.445 e. The molecule has 0 heterocycles. The molecule has 2 aromatic carbocycles. The molecular weight excluding hydrogens is 326 g/mol. The summed E-state index contributed by atoms with van der Waals surface area (Å²) in [6, 6.07) is 12.6. The van der Waals surface area contributed by atoms with Gasteiger partial charge in [-0.15, -0.1) is 0 Å². The van der Waals surface area contributed by atoms with Gasteiger partial charge in [-0.05, 0) is 23.3 Å². The normalized spacial score (nSPS) is 12.5. The lowest BCUT2D eigenvalue weighted by Gasteiger charge is -2.12. The van der Waals surface area contributed by atoms with E-state index in [1.54, 1.807) is 24.3 Å². The molecule has 0 saturated carbocycles. The molecule has 0 bridgehead atoms.